The molecule has 2 aromatic rings. The Bertz CT molecular complexity index is 607. The number of carbonyl (C=O) groups is 1. The lowest BCUT2D eigenvalue weighted by atomic mass is 10.1. The number of nitrogens with zero attached hydrogens (tertiary/aromatic N) is 1. The van der Waals surface area contributed by atoms with E-state index in [1.807, 2.05) is 12.1 Å². The van der Waals surface area contributed by atoms with E-state index in [1.54, 1.807) is 24.1 Å². The highest BCUT2D eigenvalue weighted by Gasteiger charge is 2.10. The molecular formula is C18H20FNO. The SMILES string of the molecule is CCc1ccc(CN(C)C(=O)Cc2cccc(F)c2)cc1. The van der Waals surface area contributed by atoms with Gasteiger partial charge in [-0.15, -0.1) is 0 Å². The van der Waals surface area contributed by atoms with Gasteiger partial charge >= 0.3 is 0 Å². The Morgan fingerprint density at radius 2 is 1.71 bits per heavy atom. The Balaban J connectivity index is 1.95. The zero-order chi connectivity index (χ0) is 15.2. The lowest BCUT2D eigenvalue weighted by Gasteiger charge is -2.17. The zero-order valence-corrected chi connectivity index (χ0v) is 12.5. The van der Waals surface area contributed by atoms with Gasteiger partial charge in [0.2, 0.25) is 5.91 Å². The Morgan fingerprint density at radius 1 is 1.05 bits per heavy atom. The van der Waals surface area contributed by atoms with Gasteiger partial charge in [-0.25, -0.2) is 4.39 Å². The summed E-state index contributed by atoms with van der Waals surface area (Å²) in [6.07, 6.45) is 1.23. The van der Waals surface area contributed by atoms with Crippen molar-refractivity contribution < 1.29 is 9.18 Å². The largest absolute Gasteiger partial charge is 0.341 e. The van der Waals surface area contributed by atoms with Gasteiger partial charge in [0.25, 0.3) is 0 Å². The summed E-state index contributed by atoms with van der Waals surface area (Å²) in [4.78, 5) is 13.8. The standard InChI is InChI=1S/C18H20FNO/c1-3-14-7-9-15(10-8-14)13-20(2)18(21)12-16-5-4-6-17(19)11-16/h4-11H,3,12-13H2,1-2H3. The number of hydrogen-bond acceptors (Lipinski definition) is 1. The molecule has 0 aliphatic rings. The lowest BCUT2D eigenvalue weighted by molar-refractivity contribution is -0.129. The number of hydrogen-bond donors (Lipinski definition) is 0. The van der Waals surface area contributed by atoms with Crippen molar-refractivity contribution in [2.24, 2.45) is 0 Å². The van der Waals surface area contributed by atoms with Crippen molar-refractivity contribution >= 4 is 5.91 Å². The molecule has 0 aliphatic heterocycles. The van der Waals surface area contributed by atoms with E-state index in [4.69, 9.17) is 0 Å². The molecule has 0 radical (unpaired) electrons. The van der Waals surface area contributed by atoms with E-state index in [0.717, 1.165) is 12.0 Å². The monoisotopic (exact) mass is 285 g/mol. The van der Waals surface area contributed by atoms with Crippen LogP contribution in [0, 0.1) is 5.82 Å². The fourth-order valence-electron chi connectivity index (χ4n) is 2.20. The van der Waals surface area contributed by atoms with Crippen LogP contribution in [0.5, 0.6) is 0 Å². The summed E-state index contributed by atoms with van der Waals surface area (Å²) in [5.74, 6) is -0.321. The molecule has 0 atom stereocenters. The number of benzene rings is 2. The second-order valence-electron chi connectivity index (χ2n) is 5.23. The molecule has 2 nitrogen and oxygen atoms in total. The van der Waals surface area contributed by atoms with Crippen molar-refractivity contribution in [1.82, 2.24) is 4.90 Å². The first-order valence-corrected chi connectivity index (χ1v) is 7.14. The Morgan fingerprint density at radius 3 is 2.33 bits per heavy atom. The van der Waals surface area contributed by atoms with Crippen molar-refractivity contribution in [3.05, 3.63) is 71.0 Å². The fourth-order valence-corrected chi connectivity index (χ4v) is 2.20. The summed E-state index contributed by atoms with van der Waals surface area (Å²) in [6, 6.07) is 14.4. The Hall–Kier alpha value is -2.16. The number of rotatable bonds is 5. The van der Waals surface area contributed by atoms with Crippen LogP contribution in [0.1, 0.15) is 23.6 Å². The molecule has 2 rings (SSSR count). The second kappa shape index (κ2) is 7.02. The number of amides is 1. The van der Waals surface area contributed by atoms with Crippen LogP contribution in [0.25, 0.3) is 0 Å². The van der Waals surface area contributed by atoms with Gasteiger partial charge in [0.1, 0.15) is 5.82 Å². The first kappa shape index (κ1) is 15.2. The molecule has 110 valence electrons. The van der Waals surface area contributed by atoms with Gasteiger partial charge in [0.15, 0.2) is 0 Å². The molecule has 0 unspecified atom stereocenters. The van der Waals surface area contributed by atoms with Crippen LogP contribution in [0.15, 0.2) is 48.5 Å². The van der Waals surface area contributed by atoms with Crippen LogP contribution in [0.3, 0.4) is 0 Å². The Kier molecular flexibility index (Phi) is 5.09. The highest BCUT2D eigenvalue weighted by molar-refractivity contribution is 5.78. The van der Waals surface area contributed by atoms with Gasteiger partial charge in [-0.2, -0.15) is 0 Å². The van der Waals surface area contributed by atoms with Gasteiger partial charge < -0.3 is 4.90 Å². The molecule has 0 saturated heterocycles. The molecular weight excluding hydrogens is 265 g/mol. The van der Waals surface area contributed by atoms with Crippen molar-refractivity contribution in [3.8, 4) is 0 Å². The van der Waals surface area contributed by atoms with Crippen LogP contribution in [0.4, 0.5) is 4.39 Å². The first-order chi connectivity index (χ1) is 10.1. The highest BCUT2D eigenvalue weighted by atomic mass is 19.1. The zero-order valence-electron chi connectivity index (χ0n) is 12.5. The van der Waals surface area contributed by atoms with E-state index in [2.05, 4.69) is 19.1 Å². The molecule has 0 aromatic heterocycles. The molecule has 21 heavy (non-hydrogen) atoms. The summed E-state index contributed by atoms with van der Waals surface area (Å²) >= 11 is 0. The molecule has 0 N–H and O–H groups in total. The lowest BCUT2D eigenvalue weighted by Crippen LogP contribution is -2.27. The summed E-state index contributed by atoms with van der Waals surface area (Å²) in [5.41, 5.74) is 3.09. The normalized spacial score (nSPS) is 10.4. The van der Waals surface area contributed by atoms with Crippen LogP contribution in [-0.4, -0.2) is 17.9 Å². The number of likely N-dealkylation sites (N-methyl/N-ethyl adjacent to an activating group) is 1. The molecule has 0 heterocycles. The average molecular weight is 285 g/mol. The number of aryl methyl sites for hydroxylation is 1. The minimum Gasteiger partial charge on any atom is -0.341 e. The molecule has 0 saturated carbocycles. The molecule has 3 heteroatoms. The van der Waals surface area contributed by atoms with Crippen molar-refractivity contribution in [1.29, 1.82) is 0 Å². The quantitative estimate of drug-likeness (QED) is 0.822. The van der Waals surface area contributed by atoms with Crippen LogP contribution in [0.2, 0.25) is 0 Å². The van der Waals surface area contributed by atoms with Gasteiger partial charge in [-0.1, -0.05) is 43.3 Å². The third-order valence-electron chi connectivity index (χ3n) is 3.52. The molecule has 0 spiro atoms. The predicted octanol–water partition coefficient (Wildman–Crippen LogP) is 3.59. The van der Waals surface area contributed by atoms with Crippen LogP contribution >= 0.6 is 0 Å². The van der Waals surface area contributed by atoms with Crippen LogP contribution < -0.4 is 0 Å². The maximum Gasteiger partial charge on any atom is 0.227 e. The average Bonchev–Trinajstić information content (AvgIpc) is 2.48. The minimum atomic E-state index is -0.307. The third kappa shape index (κ3) is 4.42. The van der Waals surface area contributed by atoms with Gasteiger partial charge in [0, 0.05) is 13.6 Å². The first-order valence-electron chi connectivity index (χ1n) is 7.14. The molecule has 0 aliphatic carbocycles. The van der Waals surface area contributed by atoms with E-state index < -0.39 is 0 Å². The van der Waals surface area contributed by atoms with E-state index in [9.17, 15) is 9.18 Å². The highest BCUT2D eigenvalue weighted by Crippen LogP contribution is 2.10. The summed E-state index contributed by atoms with van der Waals surface area (Å²) in [7, 11) is 1.77. The van der Waals surface area contributed by atoms with Crippen molar-refractivity contribution in [3.63, 3.8) is 0 Å². The van der Waals surface area contributed by atoms with Gasteiger partial charge in [-0.05, 0) is 35.2 Å². The summed E-state index contributed by atoms with van der Waals surface area (Å²) in [5, 5.41) is 0. The third-order valence-corrected chi connectivity index (χ3v) is 3.52. The van der Waals surface area contributed by atoms with Crippen molar-refractivity contribution in [2.75, 3.05) is 7.05 Å². The maximum absolute atomic E-state index is 13.1. The smallest absolute Gasteiger partial charge is 0.227 e. The minimum absolute atomic E-state index is 0.0137. The molecule has 0 fully saturated rings. The fraction of sp³-hybridized carbons (Fsp3) is 0.278. The summed E-state index contributed by atoms with van der Waals surface area (Å²) in [6.45, 7) is 2.68. The Labute approximate surface area is 125 Å². The van der Waals surface area contributed by atoms with Crippen LogP contribution in [-0.2, 0) is 24.2 Å². The van der Waals surface area contributed by atoms with Crippen molar-refractivity contribution in [2.45, 2.75) is 26.3 Å². The molecule has 2 aromatic carbocycles. The molecule has 0 bridgehead atoms. The van der Waals surface area contributed by atoms with E-state index >= 15 is 0 Å². The van der Waals surface area contributed by atoms with E-state index in [-0.39, 0.29) is 18.1 Å². The van der Waals surface area contributed by atoms with E-state index in [0.29, 0.717) is 12.1 Å². The second-order valence-corrected chi connectivity index (χ2v) is 5.23. The number of carbonyl (C=O) groups excluding carboxylic acids is 1. The van der Waals surface area contributed by atoms with Gasteiger partial charge in [0.05, 0.1) is 6.42 Å². The number of halogens is 1. The topological polar surface area (TPSA) is 20.3 Å². The molecule has 1 amide bonds. The predicted molar refractivity (Wildman–Crippen MR) is 82.4 cm³/mol. The van der Waals surface area contributed by atoms with E-state index in [1.165, 1.54) is 17.7 Å². The van der Waals surface area contributed by atoms with Gasteiger partial charge in [-0.3, -0.25) is 4.79 Å². The summed E-state index contributed by atoms with van der Waals surface area (Å²) < 4.78 is 13.1. The maximum atomic E-state index is 13.1.